The molecule has 0 radical (unpaired) electrons. The molecule has 0 bridgehead atoms. The van der Waals surface area contributed by atoms with Crippen molar-refractivity contribution in [1.82, 2.24) is 0 Å². The molecule has 0 N–H and O–H groups in total. The van der Waals surface area contributed by atoms with Crippen LogP contribution in [0, 0.1) is 21.4 Å². The lowest BCUT2D eigenvalue weighted by Gasteiger charge is -2.12. The van der Waals surface area contributed by atoms with Crippen LogP contribution in [0.1, 0.15) is 21.5 Å². The second-order valence-corrected chi connectivity index (χ2v) is 3.87. The molecule has 0 heterocycles. The number of hydrogen-bond acceptors (Lipinski definition) is 4. The first kappa shape index (κ1) is 15.1. The molecule has 0 saturated heterocycles. The highest BCUT2D eigenvalue weighted by Gasteiger charge is 2.43. The Bertz CT molecular complexity index is 593. The molecule has 0 amide bonds. The van der Waals surface area contributed by atoms with Crippen LogP contribution < -0.4 is 0 Å². The fourth-order valence-corrected chi connectivity index (χ4v) is 1.76. The highest BCUT2D eigenvalue weighted by atomic mass is 79.9. The summed E-state index contributed by atoms with van der Waals surface area (Å²) in [6.07, 6.45) is -5.11. The number of hydrogen-bond donors (Lipinski definition) is 0. The molecule has 19 heavy (non-hydrogen) atoms. The van der Waals surface area contributed by atoms with E-state index in [1.54, 1.807) is 0 Å². The van der Waals surface area contributed by atoms with Crippen LogP contribution in [0.4, 0.5) is 18.9 Å². The second-order valence-electron chi connectivity index (χ2n) is 3.31. The van der Waals surface area contributed by atoms with Gasteiger partial charge in [-0.1, -0.05) is 15.9 Å². The largest absolute Gasteiger partial charge is 0.423 e. The smallest absolute Gasteiger partial charge is 0.293 e. The number of nitriles is 1. The van der Waals surface area contributed by atoms with E-state index in [1.165, 1.54) is 6.07 Å². The van der Waals surface area contributed by atoms with E-state index < -0.39 is 44.6 Å². The first-order valence-electron chi connectivity index (χ1n) is 4.61. The summed E-state index contributed by atoms with van der Waals surface area (Å²) < 4.78 is 38.7. The topological polar surface area (TPSA) is 84.0 Å². The van der Waals surface area contributed by atoms with Crippen LogP contribution in [-0.4, -0.2) is 16.0 Å². The van der Waals surface area contributed by atoms with Gasteiger partial charge in [0.15, 0.2) is 5.78 Å². The molecule has 1 aromatic rings. The molecule has 0 fully saturated rings. The van der Waals surface area contributed by atoms with E-state index >= 15 is 0 Å². The number of ketones is 1. The molecule has 0 atom stereocenters. The highest BCUT2D eigenvalue weighted by molar-refractivity contribution is 9.09. The van der Waals surface area contributed by atoms with Crippen molar-refractivity contribution in [3.8, 4) is 6.07 Å². The Morgan fingerprint density at radius 2 is 2.05 bits per heavy atom. The zero-order valence-electron chi connectivity index (χ0n) is 8.99. The van der Waals surface area contributed by atoms with Crippen molar-refractivity contribution in [2.45, 2.75) is 6.18 Å². The van der Waals surface area contributed by atoms with Crippen molar-refractivity contribution in [2.24, 2.45) is 0 Å². The summed E-state index contributed by atoms with van der Waals surface area (Å²) in [5.74, 6) is -1.05. The van der Waals surface area contributed by atoms with Gasteiger partial charge in [0.1, 0.15) is 5.56 Å². The number of Topliss-reactive ketones (excluding diaryl/α,β-unsaturated/α-hetero) is 1. The Morgan fingerprint density at radius 3 is 2.42 bits per heavy atom. The van der Waals surface area contributed by atoms with Crippen LogP contribution in [0.15, 0.2) is 12.1 Å². The number of nitro groups is 1. The first-order valence-corrected chi connectivity index (χ1v) is 5.74. The zero-order valence-corrected chi connectivity index (χ0v) is 10.6. The van der Waals surface area contributed by atoms with Gasteiger partial charge in [0.25, 0.3) is 5.69 Å². The molecule has 0 spiro atoms. The number of alkyl halides is 4. The molecule has 0 aliphatic carbocycles. The summed E-state index contributed by atoms with van der Waals surface area (Å²) in [5, 5.41) is 18.9. The SMILES string of the molecule is N#Cc1ccc([N+](=O)[O-])c(C(F)(F)F)c1C(=O)CBr. The molecule has 1 aromatic carbocycles. The molecule has 0 saturated carbocycles. The average molecular weight is 337 g/mol. The van der Waals surface area contributed by atoms with Crippen molar-refractivity contribution >= 4 is 27.4 Å². The van der Waals surface area contributed by atoms with Crippen LogP contribution in [-0.2, 0) is 6.18 Å². The monoisotopic (exact) mass is 336 g/mol. The van der Waals surface area contributed by atoms with E-state index in [0.29, 0.717) is 6.07 Å². The average Bonchev–Trinajstić information content (AvgIpc) is 2.34. The number of carbonyl (C=O) groups excluding carboxylic acids is 1. The molecular weight excluding hydrogens is 333 g/mol. The van der Waals surface area contributed by atoms with Crippen LogP contribution >= 0.6 is 15.9 Å². The molecule has 0 aliphatic heterocycles. The van der Waals surface area contributed by atoms with Gasteiger partial charge in [-0.25, -0.2) is 0 Å². The second kappa shape index (κ2) is 5.36. The lowest BCUT2D eigenvalue weighted by molar-refractivity contribution is -0.388. The lowest BCUT2D eigenvalue weighted by atomic mass is 9.96. The third kappa shape index (κ3) is 2.90. The van der Waals surface area contributed by atoms with E-state index in [0.717, 1.165) is 6.07 Å². The minimum absolute atomic E-state index is 0.480. The maximum absolute atomic E-state index is 12.9. The standard InChI is InChI=1S/C10H4BrF3N2O3/c11-3-7(17)8-5(4-15)1-2-6(16(18)19)9(8)10(12,13)14/h1-2H,3H2. The summed E-state index contributed by atoms with van der Waals surface area (Å²) in [6, 6.07) is 2.81. The number of benzene rings is 1. The van der Waals surface area contributed by atoms with Gasteiger partial charge in [0.05, 0.1) is 27.4 Å². The van der Waals surface area contributed by atoms with Gasteiger partial charge in [-0.2, -0.15) is 18.4 Å². The molecular formula is C10H4BrF3N2O3. The summed E-state index contributed by atoms with van der Waals surface area (Å²) in [7, 11) is 0. The predicted molar refractivity (Wildman–Crippen MR) is 60.9 cm³/mol. The summed E-state index contributed by atoms with van der Waals surface area (Å²) in [4.78, 5) is 20.9. The predicted octanol–water partition coefficient (Wildman–Crippen LogP) is 3.06. The Hall–Kier alpha value is -1.95. The third-order valence-corrected chi connectivity index (χ3v) is 2.69. The van der Waals surface area contributed by atoms with Crippen molar-refractivity contribution in [1.29, 1.82) is 5.26 Å². The number of carbonyl (C=O) groups is 1. The van der Waals surface area contributed by atoms with E-state index in [2.05, 4.69) is 15.9 Å². The molecule has 0 aromatic heterocycles. The zero-order chi connectivity index (χ0) is 14.8. The highest BCUT2D eigenvalue weighted by Crippen LogP contribution is 2.40. The van der Waals surface area contributed by atoms with Gasteiger partial charge >= 0.3 is 6.18 Å². The normalized spacial score (nSPS) is 10.9. The number of nitro benzene ring substituents is 1. The van der Waals surface area contributed by atoms with E-state index in [4.69, 9.17) is 5.26 Å². The molecule has 100 valence electrons. The fourth-order valence-electron chi connectivity index (χ4n) is 1.48. The van der Waals surface area contributed by atoms with Gasteiger partial charge in [0.2, 0.25) is 0 Å². The quantitative estimate of drug-likeness (QED) is 0.367. The van der Waals surface area contributed by atoms with Crippen molar-refractivity contribution < 1.29 is 22.9 Å². The minimum atomic E-state index is -5.11. The van der Waals surface area contributed by atoms with E-state index in [9.17, 15) is 28.1 Å². The number of nitrogens with zero attached hydrogens (tertiary/aromatic N) is 2. The Morgan fingerprint density at radius 1 is 1.47 bits per heavy atom. The van der Waals surface area contributed by atoms with E-state index in [-0.39, 0.29) is 0 Å². The lowest BCUT2D eigenvalue weighted by Crippen LogP contribution is -2.18. The van der Waals surface area contributed by atoms with Crippen LogP contribution in [0.5, 0.6) is 0 Å². The van der Waals surface area contributed by atoms with E-state index in [1.807, 2.05) is 0 Å². The number of rotatable bonds is 3. The van der Waals surface area contributed by atoms with Crippen LogP contribution in [0.2, 0.25) is 0 Å². The van der Waals surface area contributed by atoms with Gasteiger partial charge in [-0.15, -0.1) is 0 Å². The third-order valence-electron chi connectivity index (χ3n) is 2.18. The molecule has 0 aliphatic rings. The Labute approximate surface area is 112 Å². The molecule has 1 rings (SSSR count). The summed E-state index contributed by atoms with van der Waals surface area (Å²) in [5.41, 5.74) is -4.49. The Kier molecular flexibility index (Phi) is 4.26. The first-order chi connectivity index (χ1) is 8.73. The summed E-state index contributed by atoms with van der Waals surface area (Å²) >= 11 is 2.68. The molecule has 0 unspecified atom stereocenters. The minimum Gasteiger partial charge on any atom is -0.293 e. The van der Waals surface area contributed by atoms with Crippen LogP contribution in [0.25, 0.3) is 0 Å². The summed E-state index contributed by atoms with van der Waals surface area (Å²) in [6.45, 7) is 0. The van der Waals surface area contributed by atoms with Crippen LogP contribution in [0.3, 0.4) is 0 Å². The van der Waals surface area contributed by atoms with Gasteiger partial charge in [0, 0.05) is 6.07 Å². The molecule has 9 heteroatoms. The van der Waals surface area contributed by atoms with Crippen molar-refractivity contribution in [3.05, 3.63) is 38.9 Å². The Balaban J connectivity index is 3.83. The van der Waals surface area contributed by atoms with Gasteiger partial charge < -0.3 is 0 Å². The van der Waals surface area contributed by atoms with Crippen molar-refractivity contribution in [3.63, 3.8) is 0 Å². The fraction of sp³-hybridized carbons (Fsp3) is 0.200. The van der Waals surface area contributed by atoms with Crippen molar-refractivity contribution in [2.75, 3.05) is 5.33 Å². The maximum Gasteiger partial charge on any atom is 0.423 e. The number of halogens is 4. The maximum atomic E-state index is 12.9. The van der Waals surface area contributed by atoms with Gasteiger partial charge in [-0.3, -0.25) is 14.9 Å². The molecule has 5 nitrogen and oxygen atoms in total. The van der Waals surface area contributed by atoms with Gasteiger partial charge in [-0.05, 0) is 6.07 Å².